The third-order valence-electron chi connectivity index (χ3n) is 4.82. The predicted molar refractivity (Wildman–Crippen MR) is 105 cm³/mol. The van der Waals surface area contributed by atoms with Crippen molar-refractivity contribution in [3.8, 4) is 11.5 Å². The molecule has 1 saturated heterocycles. The molecule has 1 heterocycles. The van der Waals surface area contributed by atoms with Crippen molar-refractivity contribution < 1.29 is 19.1 Å². The monoisotopic (exact) mass is 368 g/mol. The fourth-order valence-electron chi connectivity index (χ4n) is 3.23. The van der Waals surface area contributed by atoms with Crippen LogP contribution < -0.4 is 19.7 Å². The first kappa shape index (κ1) is 18.8. The Morgan fingerprint density at radius 2 is 1.89 bits per heavy atom. The van der Waals surface area contributed by atoms with Gasteiger partial charge in [-0.1, -0.05) is 12.1 Å². The highest BCUT2D eigenvalue weighted by molar-refractivity contribution is 6.04. The van der Waals surface area contributed by atoms with Crippen LogP contribution >= 0.6 is 0 Å². The number of benzene rings is 2. The number of anilines is 2. The van der Waals surface area contributed by atoms with Gasteiger partial charge in [-0.05, 0) is 43.2 Å². The first-order valence-corrected chi connectivity index (χ1v) is 8.83. The zero-order chi connectivity index (χ0) is 19.6. The Morgan fingerprint density at radius 1 is 1.11 bits per heavy atom. The Morgan fingerprint density at radius 3 is 2.59 bits per heavy atom. The minimum absolute atomic E-state index is 0.109. The van der Waals surface area contributed by atoms with Crippen LogP contribution in [0.25, 0.3) is 0 Å². The summed E-state index contributed by atoms with van der Waals surface area (Å²) >= 11 is 0. The molecule has 0 aromatic heterocycles. The molecule has 0 saturated carbocycles. The fourth-order valence-corrected chi connectivity index (χ4v) is 3.23. The molecule has 1 fully saturated rings. The highest BCUT2D eigenvalue weighted by Crippen LogP contribution is 2.36. The standard InChI is InChI=1S/C21H24N2O4/c1-13-5-6-14(2)17(9-13)22-21(25)15-10-20(24)23(12-15)18-11-16(26-3)7-8-19(18)27-4/h5-9,11,15H,10,12H2,1-4H3,(H,22,25). The lowest BCUT2D eigenvalue weighted by Gasteiger charge is -2.20. The van der Waals surface area contributed by atoms with Gasteiger partial charge >= 0.3 is 0 Å². The van der Waals surface area contributed by atoms with Crippen LogP contribution in [0.5, 0.6) is 11.5 Å². The summed E-state index contributed by atoms with van der Waals surface area (Å²) in [5.74, 6) is 0.513. The van der Waals surface area contributed by atoms with E-state index in [1.807, 2.05) is 32.0 Å². The first-order valence-electron chi connectivity index (χ1n) is 8.83. The normalized spacial score (nSPS) is 16.4. The average molecular weight is 368 g/mol. The van der Waals surface area contributed by atoms with Crippen molar-refractivity contribution >= 4 is 23.2 Å². The van der Waals surface area contributed by atoms with E-state index in [1.165, 1.54) is 0 Å². The lowest BCUT2D eigenvalue weighted by atomic mass is 10.1. The van der Waals surface area contributed by atoms with Crippen LogP contribution in [0.15, 0.2) is 36.4 Å². The van der Waals surface area contributed by atoms with Gasteiger partial charge in [-0.3, -0.25) is 9.59 Å². The molecule has 0 aliphatic carbocycles. The van der Waals surface area contributed by atoms with Crippen molar-refractivity contribution in [2.24, 2.45) is 5.92 Å². The van der Waals surface area contributed by atoms with E-state index in [0.29, 0.717) is 23.7 Å². The molecule has 2 amide bonds. The van der Waals surface area contributed by atoms with Gasteiger partial charge in [0.25, 0.3) is 0 Å². The van der Waals surface area contributed by atoms with Gasteiger partial charge in [0.2, 0.25) is 11.8 Å². The number of nitrogens with one attached hydrogen (secondary N) is 1. The minimum Gasteiger partial charge on any atom is -0.497 e. The number of rotatable bonds is 5. The third-order valence-corrected chi connectivity index (χ3v) is 4.82. The maximum absolute atomic E-state index is 12.7. The third kappa shape index (κ3) is 3.89. The molecule has 1 aliphatic rings. The number of ether oxygens (including phenoxy) is 2. The molecule has 2 aromatic carbocycles. The van der Waals surface area contributed by atoms with Crippen LogP contribution in [-0.2, 0) is 9.59 Å². The van der Waals surface area contributed by atoms with Crippen molar-refractivity contribution in [3.05, 3.63) is 47.5 Å². The highest BCUT2D eigenvalue weighted by atomic mass is 16.5. The Hall–Kier alpha value is -3.02. The van der Waals surface area contributed by atoms with Crippen molar-refractivity contribution in [1.82, 2.24) is 0 Å². The predicted octanol–water partition coefficient (Wildman–Crippen LogP) is 3.31. The second kappa shape index (κ2) is 7.70. The van der Waals surface area contributed by atoms with Crippen molar-refractivity contribution in [1.29, 1.82) is 0 Å². The highest BCUT2D eigenvalue weighted by Gasteiger charge is 2.36. The average Bonchev–Trinajstić information content (AvgIpc) is 3.05. The number of amides is 2. The molecule has 6 heteroatoms. The summed E-state index contributed by atoms with van der Waals surface area (Å²) in [5, 5.41) is 2.96. The van der Waals surface area contributed by atoms with Gasteiger partial charge < -0.3 is 19.7 Å². The van der Waals surface area contributed by atoms with E-state index in [1.54, 1.807) is 37.3 Å². The van der Waals surface area contributed by atoms with Gasteiger partial charge in [-0.25, -0.2) is 0 Å². The maximum Gasteiger partial charge on any atom is 0.229 e. The summed E-state index contributed by atoms with van der Waals surface area (Å²) in [7, 11) is 3.12. The van der Waals surface area contributed by atoms with Crippen molar-refractivity contribution in [2.45, 2.75) is 20.3 Å². The van der Waals surface area contributed by atoms with Crippen LogP contribution in [0.3, 0.4) is 0 Å². The Bertz CT molecular complexity index is 878. The van der Waals surface area contributed by atoms with E-state index in [0.717, 1.165) is 16.8 Å². The summed E-state index contributed by atoms with van der Waals surface area (Å²) in [5.41, 5.74) is 3.46. The van der Waals surface area contributed by atoms with Gasteiger partial charge in [-0.2, -0.15) is 0 Å². The van der Waals surface area contributed by atoms with E-state index in [9.17, 15) is 9.59 Å². The number of carbonyl (C=O) groups is 2. The molecule has 0 radical (unpaired) electrons. The molecule has 2 aromatic rings. The second-order valence-corrected chi connectivity index (χ2v) is 6.75. The maximum atomic E-state index is 12.7. The smallest absolute Gasteiger partial charge is 0.229 e. The zero-order valence-electron chi connectivity index (χ0n) is 16.0. The molecule has 1 N–H and O–H groups in total. The van der Waals surface area contributed by atoms with E-state index < -0.39 is 5.92 Å². The number of hydrogen-bond acceptors (Lipinski definition) is 4. The summed E-state index contributed by atoms with van der Waals surface area (Å²) in [6.45, 7) is 4.23. The first-order chi connectivity index (χ1) is 12.9. The molecular formula is C21H24N2O4. The summed E-state index contributed by atoms with van der Waals surface area (Å²) in [6, 6.07) is 11.2. The zero-order valence-corrected chi connectivity index (χ0v) is 16.0. The van der Waals surface area contributed by atoms with Crippen LogP contribution in [-0.4, -0.2) is 32.6 Å². The van der Waals surface area contributed by atoms with Gasteiger partial charge in [-0.15, -0.1) is 0 Å². The number of nitrogens with zero attached hydrogens (tertiary/aromatic N) is 1. The fraction of sp³-hybridized carbons (Fsp3) is 0.333. The molecule has 27 heavy (non-hydrogen) atoms. The van der Waals surface area contributed by atoms with Crippen molar-refractivity contribution in [2.75, 3.05) is 31.0 Å². The molecular weight excluding hydrogens is 344 g/mol. The topological polar surface area (TPSA) is 67.9 Å². The largest absolute Gasteiger partial charge is 0.497 e. The quantitative estimate of drug-likeness (QED) is 0.879. The summed E-state index contributed by atoms with van der Waals surface area (Å²) in [4.78, 5) is 26.9. The van der Waals surface area contributed by atoms with Gasteiger partial charge in [0.1, 0.15) is 11.5 Å². The molecule has 0 spiro atoms. The Kier molecular flexibility index (Phi) is 5.35. The summed E-state index contributed by atoms with van der Waals surface area (Å²) in [6.07, 6.45) is 0.164. The van der Waals surface area contributed by atoms with Crippen LogP contribution in [0.2, 0.25) is 0 Å². The molecule has 6 nitrogen and oxygen atoms in total. The number of carbonyl (C=O) groups excluding carboxylic acids is 2. The van der Waals surface area contributed by atoms with Gasteiger partial charge in [0.15, 0.2) is 0 Å². The number of hydrogen-bond donors (Lipinski definition) is 1. The van der Waals surface area contributed by atoms with E-state index in [-0.39, 0.29) is 18.2 Å². The Labute approximate surface area is 159 Å². The molecule has 3 rings (SSSR count). The SMILES string of the molecule is COc1ccc(OC)c(N2CC(C(=O)Nc3cc(C)ccc3C)CC2=O)c1. The van der Waals surface area contributed by atoms with Crippen LogP contribution in [0.1, 0.15) is 17.5 Å². The van der Waals surface area contributed by atoms with Crippen LogP contribution in [0.4, 0.5) is 11.4 Å². The Balaban J connectivity index is 1.79. The van der Waals surface area contributed by atoms with Gasteiger partial charge in [0.05, 0.1) is 25.8 Å². The second-order valence-electron chi connectivity index (χ2n) is 6.75. The number of aryl methyl sites for hydroxylation is 2. The lowest BCUT2D eigenvalue weighted by Crippen LogP contribution is -2.28. The van der Waals surface area contributed by atoms with Gasteiger partial charge in [0, 0.05) is 24.7 Å². The molecule has 0 bridgehead atoms. The minimum atomic E-state index is -0.423. The summed E-state index contributed by atoms with van der Waals surface area (Å²) < 4.78 is 10.6. The van der Waals surface area contributed by atoms with Crippen molar-refractivity contribution in [3.63, 3.8) is 0 Å². The van der Waals surface area contributed by atoms with Crippen LogP contribution in [0, 0.1) is 19.8 Å². The van der Waals surface area contributed by atoms with E-state index in [2.05, 4.69) is 5.32 Å². The molecule has 1 aliphatic heterocycles. The lowest BCUT2D eigenvalue weighted by molar-refractivity contribution is -0.122. The van der Waals surface area contributed by atoms with E-state index in [4.69, 9.17) is 9.47 Å². The number of methoxy groups -OCH3 is 2. The molecule has 1 unspecified atom stereocenters. The van der Waals surface area contributed by atoms with E-state index >= 15 is 0 Å². The molecule has 142 valence electrons. The molecule has 1 atom stereocenters.